The SMILES string of the molecule is COc1ccc(CC2C=CCC23CCC(=O)CC3)cc1. The minimum absolute atomic E-state index is 0.355. The van der Waals surface area contributed by atoms with Crippen LogP contribution in [0.2, 0.25) is 0 Å². The summed E-state index contributed by atoms with van der Waals surface area (Å²) in [5.74, 6) is 1.95. The van der Waals surface area contributed by atoms with Gasteiger partial charge in [0.2, 0.25) is 0 Å². The summed E-state index contributed by atoms with van der Waals surface area (Å²) >= 11 is 0. The fourth-order valence-corrected chi connectivity index (χ4v) is 3.72. The van der Waals surface area contributed by atoms with Gasteiger partial charge < -0.3 is 4.74 Å². The van der Waals surface area contributed by atoms with Gasteiger partial charge in [-0.25, -0.2) is 0 Å². The Kier molecular flexibility index (Phi) is 3.64. The second-order valence-electron chi connectivity index (χ2n) is 6.19. The van der Waals surface area contributed by atoms with Crippen molar-refractivity contribution in [2.24, 2.45) is 11.3 Å². The Labute approximate surface area is 120 Å². The van der Waals surface area contributed by atoms with Gasteiger partial charge >= 0.3 is 0 Å². The van der Waals surface area contributed by atoms with Crippen molar-refractivity contribution >= 4 is 5.78 Å². The van der Waals surface area contributed by atoms with E-state index >= 15 is 0 Å². The van der Waals surface area contributed by atoms with Gasteiger partial charge in [0.15, 0.2) is 0 Å². The lowest BCUT2D eigenvalue weighted by Gasteiger charge is -2.38. The molecule has 1 spiro atoms. The van der Waals surface area contributed by atoms with E-state index in [0.29, 0.717) is 17.1 Å². The Morgan fingerprint density at radius 2 is 1.90 bits per heavy atom. The standard InChI is InChI=1S/C18H22O2/c1-20-17-6-4-14(5-7-17)13-15-3-2-10-18(15)11-8-16(19)9-12-18/h2-7,15H,8-13H2,1H3. The van der Waals surface area contributed by atoms with Crippen LogP contribution < -0.4 is 4.74 Å². The molecule has 2 aliphatic carbocycles. The molecule has 0 heterocycles. The molecule has 2 heteroatoms. The first-order chi connectivity index (χ1) is 9.72. The van der Waals surface area contributed by atoms with Crippen LogP contribution in [0, 0.1) is 11.3 Å². The number of ether oxygens (including phenoxy) is 1. The largest absolute Gasteiger partial charge is 0.497 e. The molecule has 1 saturated carbocycles. The topological polar surface area (TPSA) is 26.3 Å². The maximum absolute atomic E-state index is 11.5. The van der Waals surface area contributed by atoms with Crippen LogP contribution in [0.1, 0.15) is 37.7 Å². The number of carbonyl (C=O) groups is 1. The number of methoxy groups -OCH3 is 1. The minimum atomic E-state index is 0.355. The number of Topliss-reactive ketones (excluding diaryl/α,β-unsaturated/α-hetero) is 1. The van der Waals surface area contributed by atoms with Crippen LogP contribution in [-0.2, 0) is 11.2 Å². The second-order valence-corrected chi connectivity index (χ2v) is 6.19. The van der Waals surface area contributed by atoms with Crippen molar-refractivity contribution in [1.29, 1.82) is 0 Å². The highest BCUT2D eigenvalue weighted by Crippen LogP contribution is 2.50. The van der Waals surface area contributed by atoms with E-state index in [1.165, 1.54) is 5.56 Å². The smallest absolute Gasteiger partial charge is 0.132 e. The molecule has 0 aromatic heterocycles. The molecule has 2 aliphatic rings. The Hall–Kier alpha value is -1.57. The lowest BCUT2D eigenvalue weighted by molar-refractivity contribution is -0.122. The molecule has 2 nitrogen and oxygen atoms in total. The highest BCUT2D eigenvalue weighted by Gasteiger charge is 2.41. The second kappa shape index (κ2) is 5.43. The molecule has 1 atom stereocenters. The van der Waals surface area contributed by atoms with E-state index < -0.39 is 0 Å². The molecule has 106 valence electrons. The van der Waals surface area contributed by atoms with Gasteiger partial charge in [-0.2, -0.15) is 0 Å². The zero-order chi connectivity index (χ0) is 14.0. The molecule has 0 amide bonds. The highest BCUT2D eigenvalue weighted by atomic mass is 16.5. The van der Waals surface area contributed by atoms with Crippen LogP contribution in [0.15, 0.2) is 36.4 Å². The van der Waals surface area contributed by atoms with E-state index in [1.807, 2.05) is 12.1 Å². The first-order valence-electron chi connectivity index (χ1n) is 7.53. The van der Waals surface area contributed by atoms with E-state index in [2.05, 4.69) is 24.3 Å². The molecule has 1 aromatic carbocycles. The van der Waals surface area contributed by atoms with Crippen molar-refractivity contribution < 1.29 is 9.53 Å². The van der Waals surface area contributed by atoms with Crippen LogP contribution in [-0.4, -0.2) is 12.9 Å². The Morgan fingerprint density at radius 3 is 2.55 bits per heavy atom. The van der Waals surface area contributed by atoms with E-state index in [0.717, 1.165) is 44.3 Å². The molecule has 0 saturated heterocycles. The summed E-state index contributed by atoms with van der Waals surface area (Å²) in [7, 11) is 1.70. The molecule has 1 fully saturated rings. The predicted molar refractivity (Wildman–Crippen MR) is 79.9 cm³/mol. The molecule has 20 heavy (non-hydrogen) atoms. The summed E-state index contributed by atoms with van der Waals surface area (Å²) in [5.41, 5.74) is 1.71. The van der Waals surface area contributed by atoms with Crippen LogP contribution >= 0.6 is 0 Å². The molecule has 0 aliphatic heterocycles. The fourth-order valence-electron chi connectivity index (χ4n) is 3.72. The molecule has 0 bridgehead atoms. The summed E-state index contributed by atoms with van der Waals surface area (Å²) in [6.45, 7) is 0. The van der Waals surface area contributed by atoms with Gasteiger partial charge in [-0.05, 0) is 54.7 Å². The number of hydrogen-bond acceptors (Lipinski definition) is 2. The average molecular weight is 270 g/mol. The van der Waals surface area contributed by atoms with Gasteiger partial charge in [-0.15, -0.1) is 0 Å². The Morgan fingerprint density at radius 1 is 1.20 bits per heavy atom. The van der Waals surface area contributed by atoms with Crippen LogP contribution in [0.5, 0.6) is 5.75 Å². The van der Waals surface area contributed by atoms with Gasteiger partial charge in [0.25, 0.3) is 0 Å². The number of allylic oxidation sites excluding steroid dienone is 2. The average Bonchev–Trinajstić information content (AvgIpc) is 2.86. The number of carbonyl (C=O) groups excluding carboxylic acids is 1. The van der Waals surface area contributed by atoms with Crippen molar-refractivity contribution in [2.45, 2.75) is 38.5 Å². The summed E-state index contributed by atoms with van der Waals surface area (Å²) in [6, 6.07) is 8.38. The maximum Gasteiger partial charge on any atom is 0.132 e. The van der Waals surface area contributed by atoms with Gasteiger partial charge in [0.1, 0.15) is 11.5 Å². The first-order valence-corrected chi connectivity index (χ1v) is 7.53. The third kappa shape index (κ3) is 2.52. The Balaban J connectivity index is 1.72. The van der Waals surface area contributed by atoms with Gasteiger partial charge in [0, 0.05) is 12.8 Å². The molecular formula is C18H22O2. The molecule has 0 radical (unpaired) electrons. The monoisotopic (exact) mass is 270 g/mol. The Bertz CT molecular complexity index is 503. The first kappa shape index (κ1) is 13.4. The number of benzene rings is 1. The quantitative estimate of drug-likeness (QED) is 0.778. The van der Waals surface area contributed by atoms with Crippen molar-refractivity contribution in [3.63, 3.8) is 0 Å². The van der Waals surface area contributed by atoms with E-state index in [1.54, 1.807) is 7.11 Å². The van der Waals surface area contributed by atoms with Crippen LogP contribution in [0.4, 0.5) is 0 Å². The van der Waals surface area contributed by atoms with Crippen molar-refractivity contribution in [1.82, 2.24) is 0 Å². The third-order valence-corrected chi connectivity index (χ3v) is 5.10. The van der Waals surface area contributed by atoms with Crippen molar-refractivity contribution in [3.05, 3.63) is 42.0 Å². The van der Waals surface area contributed by atoms with E-state index in [9.17, 15) is 4.79 Å². The summed E-state index contributed by atoms with van der Waals surface area (Å²) in [5, 5.41) is 0. The van der Waals surface area contributed by atoms with Gasteiger partial charge in [-0.3, -0.25) is 4.79 Å². The summed E-state index contributed by atoms with van der Waals surface area (Å²) in [6.07, 6.45) is 10.6. The van der Waals surface area contributed by atoms with E-state index in [-0.39, 0.29) is 0 Å². The molecule has 1 aromatic rings. The van der Waals surface area contributed by atoms with Crippen LogP contribution in [0.25, 0.3) is 0 Å². The lowest BCUT2D eigenvalue weighted by atomic mass is 9.65. The fraction of sp³-hybridized carbons (Fsp3) is 0.500. The number of rotatable bonds is 3. The third-order valence-electron chi connectivity index (χ3n) is 5.10. The number of hydrogen-bond donors (Lipinski definition) is 0. The molecule has 1 unspecified atom stereocenters. The summed E-state index contributed by atoms with van der Waals surface area (Å²) in [4.78, 5) is 11.5. The molecular weight excluding hydrogens is 248 g/mol. The summed E-state index contributed by atoms with van der Waals surface area (Å²) < 4.78 is 5.21. The van der Waals surface area contributed by atoms with Crippen molar-refractivity contribution in [2.75, 3.05) is 7.11 Å². The van der Waals surface area contributed by atoms with Crippen LogP contribution in [0.3, 0.4) is 0 Å². The zero-order valence-corrected chi connectivity index (χ0v) is 12.1. The lowest BCUT2D eigenvalue weighted by Crippen LogP contribution is -2.32. The zero-order valence-electron chi connectivity index (χ0n) is 12.1. The highest BCUT2D eigenvalue weighted by molar-refractivity contribution is 5.79. The van der Waals surface area contributed by atoms with E-state index in [4.69, 9.17) is 4.74 Å². The molecule has 3 rings (SSSR count). The van der Waals surface area contributed by atoms with Gasteiger partial charge in [-0.1, -0.05) is 24.3 Å². The predicted octanol–water partition coefficient (Wildman–Crippen LogP) is 3.94. The normalized spacial score (nSPS) is 24.2. The minimum Gasteiger partial charge on any atom is -0.497 e. The molecule has 0 N–H and O–H groups in total. The number of ketones is 1. The van der Waals surface area contributed by atoms with Gasteiger partial charge in [0.05, 0.1) is 7.11 Å². The van der Waals surface area contributed by atoms with Crippen molar-refractivity contribution in [3.8, 4) is 5.75 Å². The maximum atomic E-state index is 11.5.